The van der Waals surface area contributed by atoms with Gasteiger partial charge in [0.05, 0.1) is 0 Å². The highest BCUT2D eigenvalue weighted by Crippen LogP contribution is 2.23. The molecular weight excluding hydrogens is 328 g/mol. The van der Waals surface area contributed by atoms with E-state index in [-0.39, 0.29) is 0 Å². The van der Waals surface area contributed by atoms with Crippen molar-refractivity contribution in [3.05, 3.63) is 12.4 Å². The molecule has 1 unspecified atom stereocenters. The Hall–Kier alpha value is -0.660. The summed E-state index contributed by atoms with van der Waals surface area (Å²) in [6.07, 6.45) is 29.1. The van der Waals surface area contributed by atoms with Crippen molar-refractivity contribution in [2.24, 2.45) is 0 Å². The number of nitrogens with zero attached hydrogens (tertiary/aromatic N) is 2. The van der Waals surface area contributed by atoms with Gasteiger partial charge < -0.3 is 9.80 Å². The number of hydrogen-bond acceptors (Lipinski definition) is 2. The smallest absolute Gasteiger partial charge is 0.101 e. The first-order chi connectivity index (χ1) is 13.3. The average molecular weight is 379 g/mol. The van der Waals surface area contributed by atoms with Crippen LogP contribution < -0.4 is 0 Å². The van der Waals surface area contributed by atoms with Crippen LogP contribution in [0.15, 0.2) is 12.4 Å². The molecule has 0 aromatic carbocycles. The fourth-order valence-corrected chi connectivity index (χ4v) is 4.24. The lowest BCUT2D eigenvalue weighted by molar-refractivity contribution is 0.135. The van der Waals surface area contributed by atoms with E-state index in [0.717, 1.165) is 0 Å². The van der Waals surface area contributed by atoms with Crippen molar-refractivity contribution in [3.63, 3.8) is 0 Å². The van der Waals surface area contributed by atoms with E-state index in [0.29, 0.717) is 6.17 Å². The highest BCUT2D eigenvalue weighted by molar-refractivity contribution is 4.96. The first-order valence-corrected chi connectivity index (χ1v) is 12.5. The van der Waals surface area contributed by atoms with Gasteiger partial charge in [0.2, 0.25) is 0 Å². The largest absolute Gasteiger partial charge is 0.356 e. The first-order valence-electron chi connectivity index (χ1n) is 12.5. The summed E-state index contributed by atoms with van der Waals surface area (Å²) < 4.78 is 0. The Morgan fingerprint density at radius 1 is 0.481 bits per heavy atom. The summed E-state index contributed by atoms with van der Waals surface area (Å²) in [5.41, 5.74) is 0. The van der Waals surface area contributed by atoms with Gasteiger partial charge in [-0.1, -0.05) is 104 Å². The lowest BCUT2D eigenvalue weighted by Crippen LogP contribution is -2.39. The molecule has 1 atom stereocenters. The van der Waals surface area contributed by atoms with Crippen LogP contribution in [0.2, 0.25) is 0 Å². The van der Waals surface area contributed by atoms with E-state index >= 15 is 0 Å². The first kappa shape index (κ1) is 24.4. The fraction of sp³-hybridized carbons (Fsp3) is 0.920. The molecule has 0 radical (unpaired) electrons. The van der Waals surface area contributed by atoms with Crippen molar-refractivity contribution >= 4 is 0 Å². The van der Waals surface area contributed by atoms with Gasteiger partial charge in [0.1, 0.15) is 6.17 Å². The maximum atomic E-state index is 2.65. The zero-order valence-electron chi connectivity index (χ0n) is 19.1. The Morgan fingerprint density at radius 3 is 1.37 bits per heavy atom. The highest BCUT2D eigenvalue weighted by atomic mass is 15.4. The van der Waals surface area contributed by atoms with Crippen molar-refractivity contribution in [1.29, 1.82) is 0 Å². The highest BCUT2D eigenvalue weighted by Gasteiger charge is 2.24. The van der Waals surface area contributed by atoms with Crippen molar-refractivity contribution in [1.82, 2.24) is 9.80 Å². The molecule has 1 aliphatic rings. The summed E-state index contributed by atoms with van der Waals surface area (Å²) in [6, 6.07) is 0. The van der Waals surface area contributed by atoms with Crippen molar-refractivity contribution in [2.45, 2.75) is 136 Å². The lowest BCUT2D eigenvalue weighted by Gasteiger charge is -2.33. The van der Waals surface area contributed by atoms with Crippen LogP contribution in [0, 0.1) is 0 Å². The van der Waals surface area contributed by atoms with Gasteiger partial charge in [-0.3, -0.25) is 0 Å². The van der Waals surface area contributed by atoms with Crippen LogP contribution >= 0.6 is 0 Å². The van der Waals surface area contributed by atoms with Gasteiger partial charge in [0.25, 0.3) is 0 Å². The molecule has 0 saturated heterocycles. The zero-order valence-corrected chi connectivity index (χ0v) is 19.1. The van der Waals surface area contributed by atoms with Gasteiger partial charge >= 0.3 is 0 Å². The third kappa shape index (κ3) is 11.7. The van der Waals surface area contributed by atoms with Gasteiger partial charge in [0.15, 0.2) is 0 Å². The second-order valence-corrected chi connectivity index (χ2v) is 8.64. The monoisotopic (exact) mass is 378 g/mol. The topological polar surface area (TPSA) is 6.48 Å². The Morgan fingerprint density at radius 2 is 0.852 bits per heavy atom. The molecule has 0 fully saturated rings. The normalized spacial score (nSPS) is 16.6. The number of rotatable bonds is 19. The molecule has 0 amide bonds. The van der Waals surface area contributed by atoms with Crippen LogP contribution in [0.5, 0.6) is 0 Å². The molecule has 0 aromatic rings. The van der Waals surface area contributed by atoms with Crippen molar-refractivity contribution in [3.8, 4) is 0 Å². The lowest BCUT2D eigenvalue weighted by atomic mass is 10.1. The van der Waals surface area contributed by atoms with E-state index < -0.39 is 0 Å². The molecule has 0 spiro atoms. The number of hydrogen-bond donors (Lipinski definition) is 0. The minimum Gasteiger partial charge on any atom is -0.356 e. The number of unbranched alkanes of at least 4 members (excludes halogenated alkanes) is 13. The van der Waals surface area contributed by atoms with Gasteiger partial charge in [0, 0.05) is 25.5 Å². The van der Waals surface area contributed by atoms with E-state index in [1.54, 1.807) is 0 Å². The Bertz CT molecular complexity index is 339. The Kier molecular flexibility index (Phi) is 15.7. The minimum absolute atomic E-state index is 0.646. The van der Waals surface area contributed by atoms with E-state index in [4.69, 9.17) is 0 Å². The van der Waals surface area contributed by atoms with E-state index in [2.05, 4.69) is 43.0 Å². The Labute approximate surface area is 171 Å². The third-order valence-corrected chi connectivity index (χ3v) is 6.07. The van der Waals surface area contributed by atoms with E-state index in [9.17, 15) is 0 Å². The molecule has 160 valence electrons. The molecule has 0 bridgehead atoms. The van der Waals surface area contributed by atoms with Gasteiger partial charge in [-0.25, -0.2) is 0 Å². The predicted molar refractivity (Wildman–Crippen MR) is 122 cm³/mol. The molecule has 1 aliphatic heterocycles. The maximum Gasteiger partial charge on any atom is 0.101 e. The standard InChI is InChI=1S/C25H50N2/c1-4-7-10-12-13-14-15-16-19-22-27-24-23-26(21-18-9-6-3)25(27)20-17-11-8-5-2/h23-25H,4-22H2,1-3H3. The van der Waals surface area contributed by atoms with Crippen LogP contribution in [-0.4, -0.2) is 29.1 Å². The van der Waals surface area contributed by atoms with Crippen LogP contribution in [0.3, 0.4) is 0 Å². The second-order valence-electron chi connectivity index (χ2n) is 8.64. The molecule has 0 aromatic heterocycles. The summed E-state index contributed by atoms with van der Waals surface area (Å²) in [7, 11) is 0. The summed E-state index contributed by atoms with van der Waals surface area (Å²) >= 11 is 0. The van der Waals surface area contributed by atoms with Crippen LogP contribution in [0.25, 0.3) is 0 Å². The van der Waals surface area contributed by atoms with E-state index in [1.807, 2.05) is 0 Å². The average Bonchev–Trinajstić information content (AvgIpc) is 3.06. The van der Waals surface area contributed by atoms with Crippen LogP contribution in [0.4, 0.5) is 0 Å². The molecule has 1 heterocycles. The zero-order chi connectivity index (χ0) is 19.6. The van der Waals surface area contributed by atoms with Crippen molar-refractivity contribution in [2.75, 3.05) is 13.1 Å². The van der Waals surface area contributed by atoms with Crippen molar-refractivity contribution < 1.29 is 0 Å². The molecule has 2 nitrogen and oxygen atoms in total. The molecule has 2 heteroatoms. The molecular formula is C25H50N2. The fourth-order valence-electron chi connectivity index (χ4n) is 4.24. The van der Waals surface area contributed by atoms with Crippen LogP contribution in [-0.2, 0) is 0 Å². The third-order valence-electron chi connectivity index (χ3n) is 6.07. The Balaban J connectivity index is 2.21. The van der Waals surface area contributed by atoms with Crippen LogP contribution in [0.1, 0.15) is 130 Å². The quantitative estimate of drug-likeness (QED) is 0.209. The summed E-state index contributed by atoms with van der Waals surface area (Å²) in [5.74, 6) is 0. The molecule has 1 rings (SSSR count). The second kappa shape index (κ2) is 17.4. The van der Waals surface area contributed by atoms with Gasteiger partial charge in [-0.05, 0) is 25.7 Å². The van der Waals surface area contributed by atoms with Gasteiger partial charge in [-0.2, -0.15) is 0 Å². The summed E-state index contributed by atoms with van der Waals surface area (Å²) in [6.45, 7) is 9.42. The molecule has 0 aliphatic carbocycles. The maximum absolute atomic E-state index is 2.65. The van der Waals surface area contributed by atoms with E-state index in [1.165, 1.54) is 122 Å². The summed E-state index contributed by atoms with van der Waals surface area (Å²) in [5, 5.41) is 0. The predicted octanol–water partition coefficient (Wildman–Crippen LogP) is 8.09. The molecule has 0 saturated carbocycles. The van der Waals surface area contributed by atoms with Gasteiger partial charge in [-0.15, -0.1) is 0 Å². The minimum atomic E-state index is 0.646. The SMILES string of the molecule is CCCCCCCCCCCN1C=CN(CCCCC)C1CCCCCC. The summed E-state index contributed by atoms with van der Waals surface area (Å²) in [4.78, 5) is 5.29. The molecule has 0 N–H and O–H groups in total. The molecule has 27 heavy (non-hydrogen) atoms.